The van der Waals surface area contributed by atoms with Crippen LogP contribution in [-0.4, -0.2) is 48.3 Å². The third-order valence-corrected chi connectivity index (χ3v) is 7.42. The van der Waals surface area contributed by atoms with Crippen molar-refractivity contribution in [1.82, 2.24) is 4.90 Å². The van der Waals surface area contributed by atoms with Crippen LogP contribution in [0.4, 0.5) is 5.69 Å². The molecular formula is C20H16Br2N2O5S. The molecular weight excluding hydrogens is 540 g/mol. The van der Waals surface area contributed by atoms with Gasteiger partial charge in [0.05, 0.1) is 34.8 Å². The number of halogens is 2. The van der Waals surface area contributed by atoms with E-state index in [4.69, 9.17) is 4.74 Å². The van der Waals surface area contributed by atoms with E-state index in [2.05, 4.69) is 41.6 Å². The maximum absolute atomic E-state index is 12.7. The van der Waals surface area contributed by atoms with Gasteiger partial charge in [-0.1, -0.05) is 0 Å². The summed E-state index contributed by atoms with van der Waals surface area (Å²) in [6.45, 7) is 0. The Morgan fingerprint density at radius 3 is 2.47 bits per heavy atom. The highest BCUT2D eigenvalue weighted by Crippen LogP contribution is 2.43. The Morgan fingerprint density at radius 1 is 1.20 bits per heavy atom. The van der Waals surface area contributed by atoms with Crippen molar-refractivity contribution in [3.8, 4) is 11.5 Å². The number of carbonyl (C=O) groups excluding carboxylic acids is 2. The Balaban J connectivity index is 1.92. The summed E-state index contributed by atoms with van der Waals surface area (Å²) in [5, 5.41) is 10.6. The van der Waals surface area contributed by atoms with Crippen LogP contribution in [0.25, 0.3) is 6.08 Å². The molecule has 7 nitrogen and oxygen atoms in total. The van der Waals surface area contributed by atoms with Crippen molar-refractivity contribution in [2.45, 2.75) is 0 Å². The molecule has 1 fully saturated rings. The number of aromatic hydroxyl groups is 1. The van der Waals surface area contributed by atoms with Crippen LogP contribution < -0.4 is 4.74 Å². The number of hydrogen-bond donors (Lipinski definition) is 1. The number of amidine groups is 1. The van der Waals surface area contributed by atoms with Gasteiger partial charge in [-0.05, 0) is 85.6 Å². The van der Waals surface area contributed by atoms with E-state index in [0.29, 0.717) is 35.8 Å². The van der Waals surface area contributed by atoms with E-state index < -0.39 is 5.97 Å². The van der Waals surface area contributed by atoms with Gasteiger partial charge < -0.3 is 14.6 Å². The van der Waals surface area contributed by atoms with Crippen molar-refractivity contribution in [3.63, 3.8) is 0 Å². The molecule has 0 unspecified atom stereocenters. The number of ether oxygens (including phenoxy) is 2. The molecule has 0 bridgehead atoms. The lowest BCUT2D eigenvalue weighted by Crippen LogP contribution is -2.23. The lowest BCUT2D eigenvalue weighted by atomic mass is 10.2. The van der Waals surface area contributed by atoms with E-state index >= 15 is 0 Å². The summed E-state index contributed by atoms with van der Waals surface area (Å²) in [4.78, 5) is 30.7. The Morgan fingerprint density at radius 2 is 1.87 bits per heavy atom. The van der Waals surface area contributed by atoms with Gasteiger partial charge in [-0.3, -0.25) is 9.69 Å². The predicted molar refractivity (Wildman–Crippen MR) is 123 cm³/mol. The summed E-state index contributed by atoms with van der Waals surface area (Å²) >= 11 is 7.95. The second-order valence-electron chi connectivity index (χ2n) is 6.05. The summed E-state index contributed by atoms with van der Waals surface area (Å²) in [5.41, 5.74) is 1.67. The normalized spacial score (nSPS) is 16.4. The van der Waals surface area contributed by atoms with Gasteiger partial charge in [0, 0.05) is 11.5 Å². The lowest BCUT2D eigenvalue weighted by molar-refractivity contribution is -0.121. The number of phenolic OH excluding ortho intramolecular Hbond substituents is 1. The van der Waals surface area contributed by atoms with E-state index in [-0.39, 0.29) is 17.4 Å². The molecule has 0 spiro atoms. The summed E-state index contributed by atoms with van der Waals surface area (Å²) in [7, 11) is 4.41. The van der Waals surface area contributed by atoms with Crippen molar-refractivity contribution in [2.75, 3.05) is 21.3 Å². The van der Waals surface area contributed by atoms with Crippen LogP contribution in [0.1, 0.15) is 15.9 Å². The third kappa shape index (κ3) is 4.40. The maximum atomic E-state index is 12.7. The summed E-state index contributed by atoms with van der Waals surface area (Å²) in [5.74, 6) is -0.393. The quantitative estimate of drug-likeness (QED) is 0.424. The van der Waals surface area contributed by atoms with Gasteiger partial charge in [0.15, 0.2) is 16.7 Å². The lowest BCUT2D eigenvalue weighted by Gasteiger charge is -2.10. The van der Waals surface area contributed by atoms with Crippen LogP contribution in [0.5, 0.6) is 11.5 Å². The first-order chi connectivity index (χ1) is 14.3. The maximum Gasteiger partial charge on any atom is 0.337 e. The number of thioether (sulfide) groups is 1. The standard InChI is InChI=1S/C20H16Br2N2O5S/c1-24-18(26)14(9-11-8-13(28-2)17(25)16(22)15(11)21)30-20(24)23-12-6-4-10(5-7-12)19(27)29-3/h4-9,25H,1-3H3. The molecule has 1 aliphatic heterocycles. The molecule has 30 heavy (non-hydrogen) atoms. The van der Waals surface area contributed by atoms with Crippen LogP contribution in [0.2, 0.25) is 0 Å². The number of amides is 1. The molecule has 1 amide bonds. The number of likely N-dealkylation sites (N-methyl/N-ethyl adjacent to an activating group) is 1. The first-order valence-corrected chi connectivity index (χ1v) is 10.9. The Hall–Kier alpha value is -2.30. The number of aliphatic imine (C=N–C) groups is 1. The van der Waals surface area contributed by atoms with Crippen molar-refractivity contribution in [3.05, 3.63) is 55.3 Å². The largest absolute Gasteiger partial charge is 0.503 e. The molecule has 1 aliphatic rings. The fourth-order valence-corrected chi connectivity index (χ4v) is 4.38. The molecule has 1 saturated heterocycles. The molecule has 156 valence electrons. The average Bonchev–Trinajstić information content (AvgIpc) is 3.01. The van der Waals surface area contributed by atoms with Crippen LogP contribution in [0.3, 0.4) is 0 Å². The minimum Gasteiger partial charge on any atom is -0.503 e. The zero-order chi connectivity index (χ0) is 22.0. The molecule has 1 heterocycles. The zero-order valence-electron chi connectivity index (χ0n) is 16.1. The zero-order valence-corrected chi connectivity index (χ0v) is 20.1. The van der Waals surface area contributed by atoms with E-state index in [1.54, 1.807) is 43.5 Å². The molecule has 0 atom stereocenters. The fraction of sp³-hybridized carbons (Fsp3) is 0.150. The predicted octanol–water partition coefficient (Wildman–Crippen LogP) is 4.95. The number of rotatable bonds is 4. The molecule has 0 aromatic heterocycles. The summed E-state index contributed by atoms with van der Waals surface area (Å²) in [6, 6.07) is 8.21. The minimum absolute atomic E-state index is 0.0355. The highest BCUT2D eigenvalue weighted by molar-refractivity contribution is 9.13. The first kappa shape index (κ1) is 22.4. The monoisotopic (exact) mass is 554 g/mol. The van der Waals surface area contributed by atoms with Crippen molar-refractivity contribution in [2.24, 2.45) is 4.99 Å². The number of carbonyl (C=O) groups is 2. The van der Waals surface area contributed by atoms with Crippen LogP contribution >= 0.6 is 43.6 Å². The summed E-state index contributed by atoms with van der Waals surface area (Å²) in [6.07, 6.45) is 1.70. The number of esters is 1. The molecule has 2 aromatic carbocycles. The van der Waals surface area contributed by atoms with Crippen LogP contribution in [0, 0.1) is 0 Å². The van der Waals surface area contributed by atoms with Crippen molar-refractivity contribution >= 4 is 72.4 Å². The molecule has 0 saturated carbocycles. The molecule has 1 N–H and O–H groups in total. The second kappa shape index (κ2) is 9.23. The van der Waals surface area contributed by atoms with Gasteiger partial charge >= 0.3 is 5.97 Å². The number of benzene rings is 2. The minimum atomic E-state index is -0.428. The second-order valence-corrected chi connectivity index (χ2v) is 8.65. The van der Waals surface area contributed by atoms with E-state index in [0.717, 1.165) is 0 Å². The molecule has 10 heteroatoms. The Labute approximate surface area is 194 Å². The Kier molecular flexibility index (Phi) is 6.89. The molecule has 0 radical (unpaired) electrons. The summed E-state index contributed by atoms with van der Waals surface area (Å²) < 4.78 is 10.9. The fourth-order valence-electron chi connectivity index (χ4n) is 2.57. The number of methoxy groups -OCH3 is 2. The highest BCUT2D eigenvalue weighted by Gasteiger charge is 2.31. The van der Waals surface area contributed by atoms with Gasteiger partial charge in [0.2, 0.25) is 0 Å². The van der Waals surface area contributed by atoms with Gasteiger partial charge in [-0.25, -0.2) is 9.79 Å². The smallest absolute Gasteiger partial charge is 0.337 e. The van der Waals surface area contributed by atoms with Gasteiger partial charge in [-0.15, -0.1) is 0 Å². The van der Waals surface area contributed by atoms with Crippen molar-refractivity contribution in [1.29, 1.82) is 0 Å². The van der Waals surface area contributed by atoms with E-state index in [1.165, 1.54) is 30.9 Å². The van der Waals surface area contributed by atoms with E-state index in [1.807, 2.05) is 0 Å². The van der Waals surface area contributed by atoms with Crippen LogP contribution in [0.15, 0.2) is 49.2 Å². The van der Waals surface area contributed by atoms with Gasteiger partial charge in [0.25, 0.3) is 5.91 Å². The highest BCUT2D eigenvalue weighted by atomic mass is 79.9. The van der Waals surface area contributed by atoms with Crippen LogP contribution in [-0.2, 0) is 9.53 Å². The number of nitrogens with zero attached hydrogens (tertiary/aromatic N) is 2. The average molecular weight is 556 g/mol. The van der Waals surface area contributed by atoms with Crippen molar-refractivity contribution < 1.29 is 24.2 Å². The number of hydrogen-bond acceptors (Lipinski definition) is 7. The Bertz CT molecular complexity index is 1080. The molecule has 0 aliphatic carbocycles. The van der Waals surface area contributed by atoms with Gasteiger partial charge in [0.1, 0.15) is 0 Å². The topological polar surface area (TPSA) is 88.4 Å². The molecule has 2 aromatic rings. The third-order valence-electron chi connectivity index (χ3n) is 4.20. The van der Waals surface area contributed by atoms with Gasteiger partial charge in [-0.2, -0.15) is 0 Å². The SMILES string of the molecule is COC(=O)c1ccc(N=C2SC(=Cc3cc(OC)c(O)c(Br)c3Br)C(=O)N2C)cc1. The first-order valence-electron chi connectivity index (χ1n) is 8.46. The molecule has 3 rings (SSSR count). The van der Waals surface area contributed by atoms with E-state index in [9.17, 15) is 14.7 Å². The number of phenols is 1.